The van der Waals surface area contributed by atoms with E-state index in [1.54, 1.807) is 7.11 Å². The van der Waals surface area contributed by atoms with Gasteiger partial charge in [0.1, 0.15) is 11.5 Å². The van der Waals surface area contributed by atoms with Crippen LogP contribution >= 0.6 is 11.6 Å². The average molecular weight is 376 g/mol. The summed E-state index contributed by atoms with van der Waals surface area (Å²) in [5, 5.41) is 13.4. The normalized spacial score (nSPS) is 13.4. The quantitative estimate of drug-likeness (QED) is 0.430. The fraction of sp³-hybridized carbons (Fsp3) is 0.455. The molecule has 2 N–H and O–H groups in total. The molecule has 26 heavy (non-hydrogen) atoms. The molecule has 0 saturated carbocycles. The first-order valence-corrected chi connectivity index (χ1v) is 9.90. The molecule has 4 heteroatoms. The van der Waals surface area contributed by atoms with Crippen LogP contribution < -0.4 is 10.1 Å². The SMILES string of the molecule is CC[C@H](c1ccc(O)c(CNCCCl)c1)[C@@H](CC)c1ccc(OC)cc1. The smallest absolute Gasteiger partial charge is 0.120 e. The van der Waals surface area contributed by atoms with E-state index in [2.05, 4.69) is 43.4 Å². The van der Waals surface area contributed by atoms with Crippen LogP contribution in [0.1, 0.15) is 55.2 Å². The highest BCUT2D eigenvalue weighted by molar-refractivity contribution is 6.18. The fourth-order valence-corrected chi connectivity index (χ4v) is 3.76. The minimum Gasteiger partial charge on any atom is -0.508 e. The van der Waals surface area contributed by atoms with Gasteiger partial charge in [-0.25, -0.2) is 0 Å². The van der Waals surface area contributed by atoms with E-state index in [9.17, 15) is 5.11 Å². The van der Waals surface area contributed by atoms with Gasteiger partial charge in [0.2, 0.25) is 0 Å². The summed E-state index contributed by atoms with van der Waals surface area (Å²) in [7, 11) is 1.69. The number of phenolic OH excluding ortho intramolecular Hbond substituents is 1. The van der Waals surface area contributed by atoms with Gasteiger partial charge in [0.05, 0.1) is 7.11 Å². The first kappa shape index (κ1) is 20.6. The van der Waals surface area contributed by atoms with Crippen molar-refractivity contribution in [1.29, 1.82) is 0 Å². The molecule has 0 aliphatic carbocycles. The third-order valence-corrected chi connectivity index (χ3v) is 5.22. The highest BCUT2D eigenvalue weighted by Gasteiger charge is 2.23. The number of phenols is 1. The molecule has 142 valence electrons. The summed E-state index contributed by atoms with van der Waals surface area (Å²) < 4.78 is 5.29. The number of methoxy groups -OCH3 is 1. The number of benzene rings is 2. The minimum atomic E-state index is 0.336. The monoisotopic (exact) mass is 375 g/mol. The molecule has 0 fully saturated rings. The first-order valence-electron chi connectivity index (χ1n) is 9.36. The third kappa shape index (κ3) is 5.15. The number of halogens is 1. The van der Waals surface area contributed by atoms with Gasteiger partial charge in [0.25, 0.3) is 0 Å². The zero-order valence-corrected chi connectivity index (χ0v) is 16.7. The Morgan fingerprint density at radius 3 is 2.19 bits per heavy atom. The lowest BCUT2D eigenvalue weighted by Crippen LogP contribution is -2.16. The number of rotatable bonds is 10. The van der Waals surface area contributed by atoms with Gasteiger partial charge in [-0.1, -0.05) is 38.1 Å². The second-order valence-corrected chi connectivity index (χ2v) is 6.93. The summed E-state index contributed by atoms with van der Waals surface area (Å²) in [6.45, 7) is 5.82. The largest absolute Gasteiger partial charge is 0.508 e. The van der Waals surface area contributed by atoms with E-state index in [4.69, 9.17) is 16.3 Å². The Balaban J connectivity index is 2.27. The summed E-state index contributed by atoms with van der Waals surface area (Å²) >= 11 is 5.73. The zero-order valence-electron chi connectivity index (χ0n) is 16.0. The molecular weight excluding hydrogens is 346 g/mol. The van der Waals surface area contributed by atoms with Crippen LogP contribution in [-0.2, 0) is 6.54 Å². The van der Waals surface area contributed by atoms with E-state index in [1.807, 2.05) is 18.2 Å². The van der Waals surface area contributed by atoms with E-state index in [0.717, 1.165) is 30.7 Å². The summed E-state index contributed by atoms with van der Waals surface area (Å²) in [6, 6.07) is 14.4. The van der Waals surface area contributed by atoms with Crippen LogP contribution in [0.25, 0.3) is 0 Å². The predicted molar refractivity (Wildman–Crippen MR) is 110 cm³/mol. The molecule has 0 unspecified atom stereocenters. The van der Waals surface area contributed by atoms with Crippen molar-refractivity contribution in [3.05, 3.63) is 59.2 Å². The molecule has 0 aromatic heterocycles. The molecule has 2 aromatic rings. The zero-order chi connectivity index (χ0) is 18.9. The van der Waals surface area contributed by atoms with Gasteiger partial charge in [-0.15, -0.1) is 11.6 Å². The summed E-state index contributed by atoms with van der Waals surface area (Å²) in [6.07, 6.45) is 2.11. The molecular formula is C22H30ClNO2. The van der Waals surface area contributed by atoms with Crippen molar-refractivity contribution in [1.82, 2.24) is 5.32 Å². The molecule has 0 aliphatic heterocycles. The standard InChI is InChI=1S/C22H30ClNO2/c1-4-20(16-6-9-19(26-3)10-7-16)21(5-2)17-8-11-22(25)18(14-17)15-24-13-12-23/h6-11,14,20-21,24-25H,4-5,12-13,15H2,1-3H3/t20-,21+/m0/s1. The van der Waals surface area contributed by atoms with Gasteiger partial charge in [-0.05, 0) is 54.0 Å². The number of alkyl halides is 1. The highest BCUT2D eigenvalue weighted by Crippen LogP contribution is 2.39. The predicted octanol–water partition coefficient (Wildman–Crippen LogP) is 5.42. The summed E-state index contributed by atoms with van der Waals surface area (Å²) in [5.41, 5.74) is 3.53. The molecule has 0 aliphatic rings. The number of aromatic hydroxyl groups is 1. The molecule has 2 atom stereocenters. The van der Waals surface area contributed by atoms with Crippen LogP contribution in [0.5, 0.6) is 11.5 Å². The Labute approximate surface area is 162 Å². The van der Waals surface area contributed by atoms with E-state index >= 15 is 0 Å². The maximum absolute atomic E-state index is 10.2. The lowest BCUT2D eigenvalue weighted by molar-refractivity contribution is 0.414. The van der Waals surface area contributed by atoms with Crippen LogP contribution in [0.3, 0.4) is 0 Å². The Morgan fingerprint density at radius 2 is 1.62 bits per heavy atom. The molecule has 0 heterocycles. The van der Waals surface area contributed by atoms with E-state index in [-0.39, 0.29) is 0 Å². The lowest BCUT2D eigenvalue weighted by Gasteiger charge is -2.27. The minimum absolute atomic E-state index is 0.336. The van der Waals surface area contributed by atoms with Crippen LogP contribution in [0.15, 0.2) is 42.5 Å². The van der Waals surface area contributed by atoms with Crippen LogP contribution in [0, 0.1) is 0 Å². The number of hydrogen-bond donors (Lipinski definition) is 2. The summed E-state index contributed by atoms with van der Waals surface area (Å²) in [5.74, 6) is 2.62. The molecule has 2 aromatic carbocycles. The van der Waals surface area contributed by atoms with Gasteiger partial charge in [-0.2, -0.15) is 0 Å². The number of hydrogen-bond acceptors (Lipinski definition) is 3. The molecule has 3 nitrogen and oxygen atoms in total. The maximum atomic E-state index is 10.2. The number of nitrogens with one attached hydrogen (secondary N) is 1. The second kappa shape index (κ2) is 10.4. The molecule has 0 saturated heterocycles. The Morgan fingerprint density at radius 1 is 1.00 bits per heavy atom. The Hall–Kier alpha value is -1.71. The third-order valence-electron chi connectivity index (χ3n) is 5.03. The Kier molecular flexibility index (Phi) is 8.27. The molecule has 0 amide bonds. The second-order valence-electron chi connectivity index (χ2n) is 6.56. The molecule has 2 rings (SSSR count). The van der Waals surface area contributed by atoms with E-state index in [0.29, 0.717) is 30.0 Å². The van der Waals surface area contributed by atoms with Crippen molar-refractivity contribution in [2.24, 2.45) is 0 Å². The van der Waals surface area contributed by atoms with Crippen molar-refractivity contribution < 1.29 is 9.84 Å². The van der Waals surface area contributed by atoms with Crippen LogP contribution in [-0.4, -0.2) is 24.6 Å². The van der Waals surface area contributed by atoms with Crippen LogP contribution in [0.2, 0.25) is 0 Å². The van der Waals surface area contributed by atoms with Crippen molar-refractivity contribution in [3.63, 3.8) is 0 Å². The lowest BCUT2D eigenvalue weighted by atomic mass is 9.78. The number of ether oxygens (including phenoxy) is 1. The molecule has 0 spiro atoms. The van der Waals surface area contributed by atoms with E-state index in [1.165, 1.54) is 11.1 Å². The van der Waals surface area contributed by atoms with Crippen molar-refractivity contribution in [3.8, 4) is 11.5 Å². The van der Waals surface area contributed by atoms with Gasteiger partial charge in [0, 0.05) is 24.5 Å². The van der Waals surface area contributed by atoms with E-state index < -0.39 is 0 Å². The first-order chi connectivity index (χ1) is 12.6. The van der Waals surface area contributed by atoms with Crippen molar-refractivity contribution in [2.75, 3.05) is 19.5 Å². The maximum Gasteiger partial charge on any atom is 0.120 e. The van der Waals surface area contributed by atoms with Crippen LogP contribution in [0.4, 0.5) is 0 Å². The summed E-state index contributed by atoms with van der Waals surface area (Å²) in [4.78, 5) is 0. The van der Waals surface area contributed by atoms with Gasteiger partial charge in [0.15, 0.2) is 0 Å². The highest BCUT2D eigenvalue weighted by atomic mass is 35.5. The van der Waals surface area contributed by atoms with Crippen molar-refractivity contribution in [2.45, 2.75) is 45.1 Å². The topological polar surface area (TPSA) is 41.5 Å². The van der Waals surface area contributed by atoms with Crippen molar-refractivity contribution >= 4 is 11.6 Å². The molecule has 0 bridgehead atoms. The van der Waals surface area contributed by atoms with Gasteiger partial charge in [-0.3, -0.25) is 0 Å². The van der Waals surface area contributed by atoms with Gasteiger partial charge >= 0.3 is 0 Å². The van der Waals surface area contributed by atoms with Gasteiger partial charge < -0.3 is 15.2 Å². The Bertz CT molecular complexity index is 672. The molecule has 0 radical (unpaired) electrons. The fourth-order valence-electron chi connectivity index (χ4n) is 3.62. The average Bonchev–Trinajstić information content (AvgIpc) is 2.68.